The zero-order chi connectivity index (χ0) is 22.6. The standard InChI is InChI=1S/C23H29Cl2N7O/c1-13(20-17(24)7-26-8-18(20)25)33-15-2-3-19-16(4-15)21(31-30-19)14-5-28-22(29-6-14)32-11-23(12-32)9-27-10-23/h5-8,13,15-16,19,21,27,30-31H,2-4,9-12H2,1H3/t13-,15?,16?,19?,21?/m1/s1. The first-order valence-corrected chi connectivity index (χ1v) is 12.5. The van der Waals surface area contributed by atoms with E-state index < -0.39 is 0 Å². The molecule has 2 aromatic rings. The SMILES string of the molecule is C[C@@H](OC1CCC2NNC(c3cnc(N4CC5(CNC5)C4)nc3)C2C1)c1c(Cl)cncc1Cl. The van der Waals surface area contributed by atoms with Crippen molar-refractivity contribution in [3.05, 3.63) is 46.0 Å². The lowest BCUT2D eigenvalue weighted by Gasteiger charge is -2.56. The number of halogens is 2. The van der Waals surface area contributed by atoms with E-state index in [1.807, 2.05) is 19.3 Å². The van der Waals surface area contributed by atoms with Gasteiger partial charge in [0.1, 0.15) is 0 Å². The summed E-state index contributed by atoms with van der Waals surface area (Å²) in [5, 5.41) is 4.46. The number of rotatable bonds is 5. The Morgan fingerprint density at radius 1 is 1.06 bits per heavy atom. The Balaban J connectivity index is 1.11. The highest BCUT2D eigenvalue weighted by Gasteiger charge is 2.48. The molecule has 4 aliphatic rings. The zero-order valence-corrected chi connectivity index (χ0v) is 20.1. The molecule has 0 bridgehead atoms. The van der Waals surface area contributed by atoms with Gasteiger partial charge < -0.3 is 15.0 Å². The maximum atomic E-state index is 6.44. The highest BCUT2D eigenvalue weighted by atomic mass is 35.5. The van der Waals surface area contributed by atoms with Crippen LogP contribution in [-0.2, 0) is 4.74 Å². The number of ether oxygens (including phenoxy) is 1. The van der Waals surface area contributed by atoms with E-state index in [0.29, 0.717) is 27.4 Å². The first-order chi connectivity index (χ1) is 16.0. The number of hydrazine groups is 1. The molecule has 4 fully saturated rings. The Hall–Kier alpha value is -1.55. The van der Waals surface area contributed by atoms with Gasteiger partial charge in [-0.15, -0.1) is 0 Å². The number of pyridine rings is 1. The van der Waals surface area contributed by atoms with E-state index >= 15 is 0 Å². The molecule has 10 heteroatoms. The van der Waals surface area contributed by atoms with Gasteiger partial charge in [0.05, 0.1) is 28.3 Å². The molecule has 33 heavy (non-hydrogen) atoms. The van der Waals surface area contributed by atoms with Crippen molar-refractivity contribution in [1.82, 2.24) is 31.1 Å². The molecule has 1 spiro atoms. The van der Waals surface area contributed by atoms with Gasteiger partial charge in [0.2, 0.25) is 5.95 Å². The minimum atomic E-state index is -0.191. The molecule has 1 aliphatic carbocycles. The summed E-state index contributed by atoms with van der Waals surface area (Å²) in [6, 6.07) is 0.580. The van der Waals surface area contributed by atoms with E-state index in [0.717, 1.165) is 62.5 Å². The number of hydrogen-bond acceptors (Lipinski definition) is 8. The van der Waals surface area contributed by atoms with Crippen LogP contribution < -0.4 is 21.1 Å². The molecule has 176 valence electrons. The number of fused-ring (bicyclic) bond motifs is 1. The van der Waals surface area contributed by atoms with Crippen LogP contribution in [0.15, 0.2) is 24.8 Å². The van der Waals surface area contributed by atoms with Gasteiger partial charge in [0.25, 0.3) is 0 Å². The Bertz CT molecular complexity index is 990. The third-order valence-electron chi connectivity index (χ3n) is 7.75. The molecule has 1 saturated carbocycles. The van der Waals surface area contributed by atoms with Crippen molar-refractivity contribution in [3.8, 4) is 0 Å². The fraction of sp³-hybridized carbons (Fsp3) is 0.609. The van der Waals surface area contributed by atoms with Crippen LogP contribution in [0, 0.1) is 11.3 Å². The van der Waals surface area contributed by atoms with Crippen LogP contribution in [0.2, 0.25) is 10.0 Å². The van der Waals surface area contributed by atoms with Crippen LogP contribution in [0.25, 0.3) is 0 Å². The van der Waals surface area contributed by atoms with Gasteiger partial charge in [0, 0.05) is 73.6 Å². The Morgan fingerprint density at radius 2 is 1.79 bits per heavy atom. The molecule has 8 nitrogen and oxygen atoms in total. The van der Waals surface area contributed by atoms with Gasteiger partial charge in [-0.2, -0.15) is 0 Å². The molecule has 0 aromatic carbocycles. The average Bonchev–Trinajstić information content (AvgIpc) is 3.15. The van der Waals surface area contributed by atoms with E-state index in [-0.39, 0.29) is 18.2 Å². The summed E-state index contributed by atoms with van der Waals surface area (Å²) in [4.78, 5) is 15.7. The normalized spacial score (nSPS) is 31.1. The van der Waals surface area contributed by atoms with Crippen LogP contribution in [0.3, 0.4) is 0 Å². The highest BCUT2D eigenvalue weighted by molar-refractivity contribution is 6.35. The molecule has 0 radical (unpaired) electrons. The van der Waals surface area contributed by atoms with Crippen molar-refractivity contribution < 1.29 is 4.74 Å². The summed E-state index contributed by atoms with van der Waals surface area (Å²) in [6.45, 7) is 6.34. The molecule has 4 unspecified atom stereocenters. The summed E-state index contributed by atoms with van der Waals surface area (Å²) in [5.74, 6) is 1.24. The van der Waals surface area contributed by atoms with Crippen molar-refractivity contribution in [2.75, 3.05) is 31.1 Å². The molecular weight excluding hydrogens is 461 g/mol. The smallest absolute Gasteiger partial charge is 0.225 e. The molecular formula is C23H29Cl2N7O. The van der Waals surface area contributed by atoms with Crippen molar-refractivity contribution in [2.24, 2.45) is 11.3 Å². The maximum Gasteiger partial charge on any atom is 0.225 e. The van der Waals surface area contributed by atoms with Crippen LogP contribution >= 0.6 is 23.2 Å². The van der Waals surface area contributed by atoms with Crippen molar-refractivity contribution in [1.29, 1.82) is 0 Å². The summed E-state index contributed by atoms with van der Waals surface area (Å²) in [5.41, 5.74) is 9.37. The maximum absolute atomic E-state index is 6.44. The molecule has 2 aromatic heterocycles. The first kappa shape index (κ1) is 21.9. The molecule has 3 saturated heterocycles. The van der Waals surface area contributed by atoms with Crippen molar-refractivity contribution >= 4 is 29.2 Å². The van der Waals surface area contributed by atoms with Gasteiger partial charge in [-0.05, 0) is 32.1 Å². The summed E-state index contributed by atoms with van der Waals surface area (Å²) in [6.07, 6.45) is 10.1. The highest BCUT2D eigenvalue weighted by Crippen LogP contribution is 2.41. The molecule has 5 atom stereocenters. The van der Waals surface area contributed by atoms with Crippen LogP contribution in [0.5, 0.6) is 0 Å². The second kappa shape index (κ2) is 8.59. The quantitative estimate of drug-likeness (QED) is 0.590. The van der Waals surface area contributed by atoms with Gasteiger partial charge in [-0.1, -0.05) is 23.2 Å². The monoisotopic (exact) mass is 489 g/mol. The lowest BCUT2D eigenvalue weighted by molar-refractivity contribution is -0.0370. The third-order valence-corrected chi connectivity index (χ3v) is 8.35. The summed E-state index contributed by atoms with van der Waals surface area (Å²) >= 11 is 12.7. The number of nitrogens with zero attached hydrogens (tertiary/aromatic N) is 4. The number of hydrogen-bond donors (Lipinski definition) is 3. The van der Waals surface area contributed by atoms with E-state index in [2.05, 4.69) is 26.1 Å². The Labute approximate surface area is 203 Å². The molecule has 3 aliphatic heterocycles. The minimum Gasteiger partial charge on any atom is -0.370 e. The molecule has 5 heterocycles. The Morgan fingerprint density at radius 3 is 2.45 bits per heavy atom. The van der Waals surface area contributed by atoms with E-state index in [1.54, 1.807) is 12.4 Å². The van der Waals surface area contributed by atoms with E-state index in [9.17, 15) is 0 Å². The lowest BCUT2D eigenvalue weighted by Crippen LogP contribution is -2.71. The largest absolute Gasteiger partial charge is 0.370 e. The molecule has 6 rings (SSSR count). The second-order valence-corrected chi connectivity index (χ2v) is 10.9. The van der Waals surface area contributed by atoms with Crippen LogP contribution in [0.1, 0.15) is 49.5 Å². The zero-order valence-electron chi connectivity index (χ0n) is 18.6. The molecule has 0 amide bonds. The van der Waals surface area contributed by atoms with Crippen LogP contribution in [0.4, 0.5) is 5.95 Å². The van der Waals surface area contributed by atoms with Crippen molar-refractivity contribution in [3.63, 3.8) is 0 Å². The van der Waals surface area contributed by atoms with E-state index in [4.69, 9.17) is 37.9 Å². The fourth-order valence-electron chi connectivity index (χ4n) is 5.90. The second-order valence-electron chi connectivity index (χ2n) is 10.0. The predicted molar refractivity (Wildman–Crippen MR) is 127 cm³/mol. The minimum absolute atomic E-state index is 0.138. The van der Waals surface area contributed by atoms with Crippen molar-refractivity contribution in [2.45, 2.75) is 50.5 Å². The first-order valence-electron chi connectivity index (χ1n) is 11.7. The fourth-order valence-corrected chi connectivity index (χ4v) is 6.57. The summed E-state index contributed by atoms with van der Waals surface area (Å²) < 4.78 is 6.44. The number of anilines is 1. The van der Waals surface area contributed by atoms with Gasteiger partial charge in [-0.3, -0.25) is 10.4 Å². The number of aromatic nitrogens is 3. The van der Waals surface area contributed by atoms with Gasteiger partial charge in [-0.25, -0.2) is 15.4 Å². The van der Waals surface area contributed by atoms with Gasteiger partial charge >= 0.3 is 0 Å². The third kappa shape index (κ3) is 4.00. The lowest BCUT2D eigenvalue weighted by atomic mass is 9.75. The van der Waals surface area contributed by atoms with E-state index in [1.165, 1.54) is 0 Å². The Kier molecular flexibility index (Phi) is 5.71. The topological polar surface area (TPSA) is 87.2 Å². The predicted octanol–water partition coefficient (Wildman–Crippen LogP) is 3.05. The van der Waals surface area contributed by atoms with Gasteiger partial charge in [0.15, 0.2) is 0 Å². The molecule has 3 N–H and O–H groups in total. The summed E-state index contributed by atoms with van der Waals surface area (Å²) in [7, 11) is 0. The van der Waals surface area contributed by atoms with Crippen LogP contribution in [-0.4, -0.2) is 53.3 Å². The number of nitrogens with one attached hydrogen (secondary N) is 3. The average molecular weight is 490 g/mol.